The fraction of sp³-hybridized carbons (Fsp3) is 1.00. The molecular formula is C15H29N. The Bertz CT molecular complexity index is 225. The first kappa shape index (κ1) is 12.4. The molecule has 4 atom stereocenters. The summed E-state index contributed by atoms with van der Waals surface area (Å²) in [5.41, 5.74) is 6.95. The van der Waals surface area contributed by atoms with Crippen LogP contribution in [0.4, 0.5) is 0 Å². The van der Waals surface area contributed by atoms with Gasteiger partial charge in [-0.25, -0.2) is 0 Å². The summed E-state index contributed by atoms with van der Waals surface area (Å²) in [7, 11) is 0. The minimum Gasteiger partial charge on any atom is -0.325 e. The Balaban J connectivity index is 1.99. The molecule has 1 nitrogen and oxygen atoms in total. The van der Waals surface area contributed by atoms with Gasteiger partial charge in [-0.1, -0.05) is 39.5 Å². The van der Waals surface area contributed by atoms with E-state index in [4.69, 9.17) is 5.73 Å². The molecule has 0 bridgehead atoms. The highest BCUT2D eigenvalue weighted by molar-refractivity contribution is 4.95. The van der Waals surface area contributed by atoms with Gasteiger partial charge >= 0.3 is 0 Å². The maximum atomic E-state index is 6.76. The van der Waals surface area contributed by atoms with Gasteiger partial charge in [0.05, 0.1) is 0 Å². The Morgan fingerprint density at radius 2 is 1.62 bits per heavy atom. The topological polar surface area (TPSA) is 26.0 Å². The standard InChI is InChI=1S/C15H29N/c1-12-6-4-9-15(16,10-8-12)14-7-3-5-13(2)11-14/h12-14H,3-11,16H2,1-2H3. The van der Waals surface area contributed by atoms with Gasteiger partial charge in [-0.05, 0) is 49.9 Å². The molecule has 0 radical (unpaired) electrons. The number of hydrogen-bond donors (Lipinski definition) is 1. The zero-order chi connectivity index (χ0) is 11.6. The molecule has 2 N–H and O–H groups in total. The van der Waals surface area contributed by atoms with Crippen LogP contribution in [0.5, 0.6) is 0 Å². The minimum absolute atomic E-state index is 0.194. The summed E-state index contributed by atoms with van der Waals surface area (Å²) in [5, 5.41) is 0. The predicted octanol–water partition coefficient (Wildman–Crippen LogP) is 4.11. The second-order valence-electron chi connectivity index (χ2n) is 6.74. The monoisotopic (exact) mass is 223 g/mol. The fourth-order valence-electron chi connectivity index (χ4n) is 3.93. The van der Waals surface area contributed by atoms with E-state index in [0.29, 0.717) is 0 Å². The molecule has 2 rings (SSSR count). The molecule has 0 aromatic rings. The van der Waals surface area contributed by atoms with Crippen molar-refractivity contribution in [1.29, 1.82) is 0 Å². The Kier molecular flexibility index (Phi) is 3.94. The van der Waals surface area contributed by atoms with Crippen molar-refractivity contribution in [1.82, 2.24) is 0 Å². The van der Waals surface area contributed by atoms with Gasteiger partial charge in [-0.15, -0.1) is 0 Å². The summed E-state index contributed by atoms with van der Waals surface area (Å²) < 4.78 is 0. The third kappa shape index (κ3) is 2.80. The Morgan fingerprint density at radius 1 is 0.875 bits per heavy atom. The highest BCUT2D eigenvalue weighted by atomic mass is 14.8. The van der Waals surface area contributed by atoms with Gasteiger partial charge in [0.2, 0.25) is 0 Å². The number of rotatable bonds is 1. The molecule has 1 heteroatoms. The highest BCUT2D eigenvalue weighted by Gasteiger charge is 2.37. The van der Waals surface area contributed by atoms with E-state index >= 15 is 0 Å². The molecule has 0 aromatic carbocycles. The lowest BCUT2D eigenvalue weighted by Gasteiger charge is -2.41. The first-order chi connectivity index (χ1) is 7.60. The molecule has 16 heavy (non-hydrogen) atoms. The molecule has 0 amide bonds. The zero-order valence-corrected chi connectivity index (χ0v) is 11.2. The van der Waals surface area contributed by atoms with Crippen LogP contribution in [-0.4, -0.2) is 5.54 Å². The quantitative estimate of drug-likeness (QED) is 0.665. The molecule has 0 spiro atoms. The smallest absolute Gasteiger partial charge is 0.0183 e. The summed E-state index contributed by atoms with van der Waals surface area (Å²) >= 11 is 0. The van der Waals surface area contributed by atoms with Gasteiger partial charge in [0.25, 0.3) is 0 Å². The Morgan fingerprint density at radius 3 is 2.38 bits per heavy atom. The minimum atomic E-state index is 0.194. The number of nitrogens with two attached hydrogens (primary N) is 1. The molecule has 2 fully saturated rings. The first-order valence-corrected chi connectivity index (χ1v) is 7.39. The van der Waals surface area contributed by atoms with E-state index in [1.54, 1.807) is 0 Å². The van der Waals surface area contributed by atoms with Crippen LogP contribution in [0.25, 0.3) is 0 Å². The highest BCUT2D eigenvalue weighted by Crippen LogP contribution is 2.41. The second kappa shape index (κ2) is 5.08. The summed E-state index contributed by atoms with van der Waals surface area (Å²) in [4.78, 5) is 0. The van der Waals surface area contributed by atoms with Crippen LogP contribution in [0.1, 0.15) is 71.6 Å². The van der Waals surface area contributed by atoms with Crippen molar-refractivity contribution in [2.75, 3.05) is 0 Å². The van der Waals surface area contributed by atoms with Gasteiger partial charge in [-0.3, -0.25) is 0 Å². The van der Waals surface area contributed by atoms with Gasteiger partial charge < -0.3 is 5.73 Å². The van der Waals surface area contributed by atoms with E-state index < -0.39 is 0 Å². The SMILES string of the molecule is CC1CCCC(N)(C2CCCC(C)C2)CC1. The lowest BCUT2D eigenvalue weighted by molar-refractivity contribution is 0.153. The molecule has 0 heterocycles. The van der Waals surface area contributed by atoms with Crippen LogP contribution in [0.2, 0.25) is 0 Å². The maximum absolute atomic E-state index is 6.76. The molecule has 0 aliphatic heterocycles. The molecule has 0 aromatic heterocycles. The lowest BCUT2D eigenvalue weighted by Crippen LogP contribution is -2.48. The molecule has 2 aliphatic rings. The van der Waals surface area contributed by atoms with Crippen LogP contribution >= 0.6 is 0 Å². The van der Waals surface area contributed by atoms with E-state index in [9.17, 15) is 0 Å². The summed E-state index contributed by atoms with van der Waals surface area (Å²) in [5.74, 6) is 2.65. The first-order valence-electron chi connectivity index (χ1n) is 7.39. The van der Waals surface area contributed by atoms with Crippen LogP contribution < -0.4 is 5.73 Å². The van der Waals surface area contributed by atoms with E-state index in [0.717, 1.165) is 17.8 Å². The summed E-state index contributed by atoms with van der Waals surface area (Å²) in [6, 6.07) is 0. The second-order valence-corrected chi connectivity index (χ2v) is 6.74. The molecule has 2 aliphatic carbocycles. The Hall–Kier alpha value is -0.0400. The summed E-state index contributed by atoms with van der Waals surface area (Å²) in [6.45, 7) is 4.81. The van der Waals surface area contributed by atoms with Crippen LogP contribution in [0.15, 0.2) is 0 Å². The third-order valence-corrected chi connectivity index (χ3v) is 5.19. The largest absolute Gasteiger partial charge is 0.325 e. The van der Waals surface area contributed by atoms with E-state index in [1.807, 2.05) is 0 Å². The maximum Gasteiger partial charge on any atom is 0.0183 e. The van der Waals surface area contributed by atoms with Crippen molar-refractivity contribution in [2.24, 2.45) is 23.5 Å². The molecule has 2 saturated carbocycles. The fourth-order valence-corrected chi connectivity index (χ4v) is 3.93. The number of hydrogen-bond acceptors (Lipinski definition) is 1. The van der Waals surface area contributed by atoms with Crippen LogP contribution in [-0.2, 0) is 0 Å². The van der Waals surface area contributed by atoms with E-state index in [1.165, 1.54) is 57.8 Å². The normalized spacial score (nSPS) is 46.3. The summed E-state index contributed by atoms with van der Waals surface area (Å²) in [6.07, 6.45) is 12.3. The van der Waals surface area contributed by atoms with Gasteiger partial charge in [0.15, 0.2) is 0 Å². The molecular weight excluding hydrogens is 194 g/mol. The Labute approximate surface area is 101 Å². The molecule has 4 unspecified atom stereocenters. The van der Waals surface area contributed by atoms with Crippen molar-refractivity contribution in [3.8, 4) is 0 Å². The van der Waals surface area contributed by atoms with Crippen molar-refractivity contribution in [3.05, 3.63) is 0 Å². The van der Waals surface area contributed by atoms with Crippen molar-refractivity contribution in [3.63, 3.8) is 0 Å². The lowest BCUT2D eigenvalue weighted by atomic mass is 9.69. The zero-order valence-electron chi connectivity index (χ0n) is 11.2. The molecule has 94 valence electrons. The van der Waals surface area contributed by atoms with Crippen LogP contribution in [0, 0.1) is 17.8 Å². The average Bonchev–Trinajstić information content (AvgIpc) is 2.42. The van der Waals surface area contributed by atoms with E-state index in [-0.39, 0.29) is 5.54 Å². The predicted molar refractivity (Wildman–Crippen MR) is 70.3 cm³/mol. The van der Waals surface area contributed by atoms with Crippen LogP contribution in [0.3, 0.4) is 0 Å². The van der Waals surface area contributed by atoms with Crippen molar-refractivity contribution >= 4 is 0 Å². The van der Waals surface area contributed by atoms with Crippen molar-refractivity contribution in [2.45, 2.75) is 77.2 Å². The van der Waals surface area contributed by atoms with Gasteiger partial charge in [-0.2, -0.15) is 0 Å². The molecule has 0 saturated heterocycles. The third-order valence-electron chi connectivity index (χ3n) is 5.19. The van der Waals surface area contributed by atoms with Gasteiger partial charge in [0.1, 0.15) is 0 Å². The average molecular weight is 223 g/mol. The van der Waals surface area contributed by atoms with Crippen molar-refractivity contribution < 1.29 is 0 Å². The van der Waals surface area contributed by atoms with Gasteiger partial charge in [0, 0.05) is 5.54 Å². The van der Waals surface area contributed by atoms with E-state index in [2.05, 4.69) is 13.8 Å².